The predicted molar refractivity (Wildman–Crippen MR) is 106 cm³/mol. The summed E-state index contributed by atoms with van der Waals surface area (Å²) in [5.41, 5.74) is 0.0692. The van der Waals surface area contributed by atoms with Crippen LogP contribution in [0.15, 0.2) is 47.4 Å². The molecule has 1 aliphatic rings. The van der Waals surface area contributed by atoms with Gasteiger partial charge in [-0.1, -0.05) is 0 Å². The highest BCUT2D eigenvalue weighted by Crippen LogP contribution is 2.21. The second kappa shape index (κ2) is 8.38. The van der Waals surface area contributed by atoms with E-state index in [-0.39, 0.29) is 28.8 Å². The van der Waals surface area contributed by atoms with Crippen LogP contribution in [0.1, 0.15) is 0 Å². The Labute approximate surface area is 167 Å². The van der Waals surface area contributed by atoms with Crippen LogP contribution >= 0.6 is 12.2 Å². The molecule has 3 rings (SSSR count). The number of sulfonamides is 1. The van der Waals surface area contributed by atoms with Crippen LogP contribution in [0.5, 0.6) is 5.75 Å². The quantitative estimate of drug-likeness (QED) is 0.757. The number of piperazine rings is 1. The van der Waals surface area contributed by atoms with Crippen molar-refractivity contribution < 1.29 is 21.9 Å². The minimum atomic E-state index is -3.62. The van der Waals surface area contributed by atoms with Gasteiger partial charge in [-0.3, -0.25) is 0 Å². The van der Waals surface area contributed by atoms with Crippen LogP contribution in [0.25, 0.3) is 0 Å². The molecule has 0 bridgehead atoms. The molecule has 0 saturated carbocycles. The third-order valence-electron chi connectivity index (χ3n) is 4.40. The summed E-state index contributed by atoms with van der Waals surface area (Å²) in [6.07, 6.45) is 0. The number of nitrogens with one attached hydrogen (secondary N) is 1. The fourth-order valence-corrected chi connectivity index (χ4v) is 4.53. The molecule has 0 aromatic heterocycles. The first-order chi connectivity index (χ1) is 13.3. The van der Waals surface area contributed by atoms with Gasteiger partial charge in [0.1, 0.15) is 17.4 Å². The normalized spacial score (nSPS) is 15.3. The van der Waals surface area contributed by atoms with Gasteiger partial charge < -0.3 is 15.0 Å². The number of halogens is 2. The molecule has 2 aromatic carbocycles. The summed E-state index contributed by atoms with van der Waals surface area (Å²) in [5.74, 6) is -0.845. The Morgan fingerprint density at radius 3 is 2.29 bits per heavy atom. The molecule has 1 N–H and O–H groups in total. The summed E-state index contributed by atoms with van der Waals surface area (Å²) in [7, 11) is -2.11. The highest BCUT2D eigenvalue weighted by molar-refractivity contribution is 7.89. The average molecular weight is 427 g/mol. The largest absolute Gasteiger partial charge is 0.497 e. The molecule has 1 heterocycles. The molecular weight excluding hydrogens is 408 g/mol. The van der Waals surface area contributed by atoms with Gasteiger partial charge in [0.25, 0.3) is 0 Å². The molecule has 28 heavy (non-hydrogen) atoms. The summed E-state index contributed by atoms with van der Waals surface area (Å²) < 4.78 is 58.7. The third-order valence-corrected chi connectivity index (χ3v) is 6.67. The Morgan fingerprint density at radius 2 is 1.71 bits per heavy atom. The summed E-state index contributed by atoms with van der Waals surface area (Å²) >= 11 is 5.27. The first kappa shape index (κ1) is 20.4. The molecule has 0 amide bonds. The van der Waals surface area contributed by atoms with Crippen LogP contribution < -0.4 is 10.1 Å². The number of benzene rings is 2. The average Bonchev–Trinajstić information content (AvgIpc) is 2.70. The number of ether oxygens (including phenoxy) is 1. The molecule has 0 radical (unpaired) electrons. The van der Waals surface area contributed by atoms with Crippen molar-refractivity contribution in [2.24, 2.45) is 0 Å². The summed E-state index contributed by atoms with van der Waals surface area (Å²) in [6.45, 7) is 1.18. The van der Waals surface area contributed by atoms with E-state index < -0.39 is 21.7 Å². The minimum Gasteiger partial charge on any atom is -0.497 e. The number of hydrogen-bond donors (Lipinski definition) is 1. The minimum absolute atomic E-state index is 0.0692. The molecule has 0 aliphatic carbocycles. The van der Waals surface area contributed by atoms with Gasteiger partial charge in [0.2, 0.25) is 10.0 Å². The van der Waals surface area contributed by atoms with E-state index in [1.54, 1.807) is 17.0 Å². The van der Waals surface area contributed by atoms with Gasteiger partial charge >= 0.3 is 0 Å². The third kappa shape index (κ3) is 4.40. The second-order valence-corrected chi connectivity index (χ2v) is 8.45. The predicted octanol–water partition coefficient (Wildman–Crippen LogP) is 2.68. The summed E-state index contributed by atoms with van der Waals surface area (Å²) in [5, 5.41) is 3.00. The Balaban J connectivity index is 1.62. The standard InChI is InChI=1S/C18H19F2N3O3S2/c1-26-14-3-5-15(6-4-14)28(24,25)23-10-8-22(9-11-23)18(27)21-17-7-2-13(19)12-16(17)20/h2-7,12H,8-11H2,1H3,(H,21,27). The van der Waals surface area contributed by atoms with E-state index in [2.05, 4.69) is 5.32 Å². The number of anilines is 1. The second-order valence-electron chi connectivity index (χ2n) is 6.12. The number of methoxy groups -OCH3 is 1. The topological polar surface area (TPSA) is 61.9 Å². The zero-order valence-electron chi connectivity index (χ0n) is 15.1. The smallest absolute Gasteiger partial charge is 0.243 e. The van der Waals surface area contributed by atoms with Crippen molar-refractivity contribution in [2.45, 2.75) is 4.90 Å². The Bertz CT molecular complexity index is 961. The van der Waals surface area contributed by atoms with Gasteiger partial charge in [-0.2, -0.15) is 4.31 Å². The van der Waals surface area contributed by atoms with Gasteiger partial charge in [-0.15, -0.1) is 0 Å². The Kier molecular flexibility index (Phi) is 6.11. The van der Waals surface area contributed by atoms with Gasteiger partial charge in [0.15, 0.2) is 5.11 Å². The maximum atomic E-state index is 13.8. The fourth-order valence-electron chi connectivity index (χ4n) is 2.81. The maximum Gasteiger partial charge on any atom is 0.243 e. The van der Waals surface area contributed by atoms with Crippen molar-refractivity contribution in [1.82, 2.24) is 9.21 Å². The molecule has 0 atom stereocenters. The highest BCUT2D eigenvalue weighted by Gasteiger charge is 2.29. The number of nitrogens with zero attached hydrogens (tertiary/aromatic N) is 2. The Morgan fingerprint density at radius 1 is 1.07 bits per heavy atom. The summed E-state index contributed by atoms with van der Waals surface area (Å²) in [4.78, 5) is 1.94. The lowest BCUT2D eigenvalue weighted by Gasteiger charge is -2.35. The zero-order valence-corrected chi connectivity index (χ0v) is 16.7. The molecule has 150 valence electrons. The molecule has 10 heteroatoms. The van der Waals surface area contributed by atoms with E-state index in [1.165, 1.54) is 29.6 Å². The monoisotopic (exact) mass is 427 g/mol. The molecule has 0 spiro atoms. The van der Waals surface area contributed by atoms with Crippen LogP contribution in [-0.2, 0) is 10.0 Å². The first-order valence-corrected chi connectivity index (χ1v) is 10.3. The van der Waals surface area contributed by atoms with Crippen LogP contribution in [0, 0.1) is 11.6 Å². The lowest BCUT2D eigenvalue weighted by atomic mass is 10.3. The molecular formula is C18H19F2N3O3S2. The van der Waals surface area contributed by atoms with E-state index in [9.17, 15) is 17.2 Å². The highest BCUT2D eigenvalue weighted by atomic mass is 32.2. The van der Waals surface area contributed by atoms with Crippen molar-refractivity contribution in [3.05, 3.63) is 54.1 Å². The van der Waals surface area contributed by atoms with Crippen molar-refractivity contribution in [3.63, 3.8) is 0 Å². The molecule has 0 unspecified atom stereocenters. The van der Waals surface area contributed by atoms with Gasteiger partial charge in [0.05, 0.1) is 17.7 Å². The van der Waals surface area contributed by atoms with Crippen LogP contribution in [-0.4, -0.2) is 56.0 Å². The van der Waals surface area contributed by atoms with Crippen molar-refractivity contribution in [2.75, 3.05) is 38.6 Å². The molecule has 1 saturated heterocycles. The number of thiocarbonyl (C=S) groups is 1. The fraction of sp³-hybridized carbons (Fsp3) is 0.278. The van der Waals surface area contributed by atoms with Gasteiger partial charge in [-0.05, 0) is 48.6 Å². The van der Waals surface area contributed by atoms with Crippen LogP contribution in [0.2, 0.25) is 0 Å². The SMILES string of the molecule is COc1ccc(S(=O)(=O)N2CCN(C(=S)Nc3ccc(F)cc3F)CC2)cc1. The van der Waals surface area contributed by atoms with Gasteiger partial charge in [-0.25, -0.2) is 17.2 Å². The summed E-state index contributed by atoms with van der Waals surface area (Å²) in [6, 6.07) is 9.37. The van der Waals surface area contributed by atoms with Crippen molar-refractivity contribution in [1.29, 1.82) is 0 Å². The number of rotatable bonds is 4. The van der Waals surface area contributed by atoms with Crippen molar-refractivity contribution >= 4 is 33.0 Å². The number of hydrogen-bond acceptors (Lipinski definition) is 4. The van der Waals surface area contributed by atoms with E-state index >= 15 is 0 Å². The first-order valence-electron chi connectivity index (χ1n) is 8.46. The van der Waals surface area contributed by atoms with Gasteiger partial charge in [0, 0.05) is 32.2 Å². The van der Waals surface area contributed by atoms with Crippen LogP contribution in [0.4, 0.5) is 14.5 Å². The van der Waals surface area contributed by atoms with E-state index in [4.69, 9.17) is 17.0 Å². The maximum absolute atomic E-state index is 13.8. The lowest BCUT2D eigenvalue weighted by molar-refractivity contribution is 0.268. The molecule has 6 nitrogen and oxygen atoms in total. The molecule has 2 aromatic rings. The molecule has 1 fully saturated rings. The van der Waals surface area contributed by atoms with Crippen LogP contribution in [0.3, 0.4) is 0 Å². The molecule has 1 aliphatic heterocycles. The van der Waals surface area contributed by atoms with Crippen molar-refractivity contribution in [3.8, 4) is 5.75 Å². The van der Waals surface area contributed by atoms with E-state index in [1.807, 2.05) is 0 Å². The zero-order chi connectivity index (χ0) is 20.3. The Hall–Kier alpha value is -2.30. The van der Waals surface area contributed by atoms with E-state index in [0.29, 0.717) is 18.8 Å². The lowest BCUT2D eigenvalue weighted by Crippen LogP contribution is -2.51. The van der Waals surface area contributed by atoms with E-state index in [0.717, 1.165) is 12.1 Å².